The second-order valence-corrected chi connectivity index (χ2v) is 9.36. The van der Waals surface area contributed by atoms with Crippen LogP contribution < -0.4 is 0 Å². The Morgan fingerprint density at radius 1 is 0.459 bits per heavy atom. The Kier molecular flexibility index (Phi) is 6.67. The third-order valence-corrected chi connectivity index (χ3v) is 7.18. The van der Waals surface area contributed by atoms with Crippen LogP contribution in [0, 0.1) is 0 Å². The van der Waals surface area contributed by atoms with E-state index in [4.69, 9.17) is 0 Å². The molecule has 0 N–H and O–H groups in total. The molecule has 0 amide bonds. The summed E-state index contributed by atoms with van der Waals surface area (Å²) in [4.78, 5) is 0. The average Bonchev–Trinajstić information content (AvgIpc) is 3.63. The standard InChI is InChI=1S/C15H9BrN2.C15H10N2.Br2/c16-13-9-17-18-14-8-4-3-6-11(14)10-5-1-2-7-12(10)15(13)18;1-2-6-13-11(5-1)12-7-3-4-8-14(12)17-15(13)9-10-16-17;1-2/h1-9H;1-10H;. The van der Waals surface area contributed by atoms with Gasteiger partial charge in [0, 0.05) is 49.8 Å². The normalized spacial score (nSPS) is 11.1. The third-order valence-electron chi connectivity index (χ3n) is 6.60. The molecule has 0 aliphatic heterocycles. The van der Waals surface area contributed by atoms with Gasteiger partial charge < -0.3 is 0 Å². The second-order valence-electron chi connectivity index (χ2n) is 8.51. The van der Waals surface area contributed by atoms with Gasteiger partial charge in [0.2, 0.25) is 0 Å². The third kappa shape index (κ3) is 4.02. The Bertz CT molecular complexity index is 1970. The van der Waals surface area contributed by atoms with Crippen molar-refractivity contribution < 1.29 is 0 Å². The lowest BCUT2D eigenvalue weighted by molar-refractivity contribution is 1.01. The van der Waals surface area contributed by atoms with Gasteiger partial charge in [-0.05, 0) is 44.9 Å². The number of aromatic nitrogens is 4. The Hall–Kier alpha value is -3.26. The fourth-order valence-electron chi connectivity index (χ4n) is 5.09. The molecule has 4 aromatic carbocycles. The zero-order valence-electron chi connectivity index (χ0n) is 19.4. The zero-order valence-corrected chi connectivity index (χ0v) is 24.2. The van der Waals surface area contributed by atoms with Crippen molar-refractivity contribution in [1.82, 2.24) is 19.2 Å². The summed E-state index contributed by atoms with van der Waals surface area (Å²) < 4.78 is 5.05. The maximum atomic E-state index is 4.47. The van der Waals surface area contributed by atoms with Crippen LogP contribution in [0.25, 0.3) is 54.4 Å². The first-order valence-electron chi connectivity index (χ1n) is 11.6. The minimum absolute atomic E-state index is 1.03. The van der Waals surface area contributed by atoms with Crippen LogP contribution >= 0.6 is 44.2 Å². The maximum absolute atomic E-state index is 4.47. The van der Waals surface area contributed by atoms with Crippen molar-refractivity contribution in [3.05, 3.63) is 120 Å². The molecule has 8 aromatic rings. The van der Waals surface area contributed by atoms with Gasteiger partial charge in [-0.15, -0.1) is 0 Å². The number of halogens is 3. The number of pyridine rings is 2. The topological polar surface area (TPSA) is 34.6 Å². The summed E-state index contributed by atoms with van der Waals surface area (Å²) in [5, 5.41) is 16.4. The highest BCUT2D eigenvalue weighted by Crippen LogP contribution is 2.32. The average molecular weight is 675 g/mol. The summed E-state index contributed by atoms with van der Waals surface area (Å²) in [6.07, 6.45) is 3.71. The molecule has 0 radical (unpaired) electrons. The van der Waals surface area contributed by atoms with Crippen LogP contribution in [0.1, 0.15) is 0 Å². The minimum atomic E-state index is 1.03. The molecule has 0 bridgehead atoms. The van der Waals surface area contributed by atoms with E-state index in [2.05, 4.69) is 151 Å². The van der Waals surface area contributed by atoms with Gasteiger partial charge in [-0.3, -0.25) is 0 Å². The van der Waals surface area contributed by atoms with E-state index in [1.54, 1.807) is 0 Å². The first-order chi connectivity index (χ1) is 18.3. The van der Waals surface area contributed by atoms with Gasteiger partial charge >= 0.3 is 0 Å². The monoisotopic (exact) mass is 672 g/mol. The maximum Gasteiger partial charge on any atom is 0.0889 e. The van der Waals surface area contributed by atoms with E-state index in [1.165, 1.54) is 37.8 Å². The number of hydrogen-bond donors (Lipinski definition) is 0. The molecule has 4 aromatic heterocycles. The molecule has 0 aliphatic rings. The Morgan fingerprint density at radius 3 is 1.49 bits per heavy atom. The molecular weight excluding hydrogens is 656 g/mol. The van der Waals surface area contributed by atoms with Crippen molar-refractivity contribution in [1.29, 1.82) is 0 Å². The van der Waals surface area contributed by atoms with Crippen molar-refractivity contribution in [3.8, 4) is 0 Å². The number of fused-ring (bicyclic) bond motifs is 12. The molecule has 180 valence electrons. The van der Waals surface area contributed by atoms with Gasteiger partial charge in [0.1, 0.15) is 0 Å². The van der Waals surface area contributed by atoms with Crippen LogP contribution in [0.4, 0.5) is 0 Å². The van der Waals surface area contributed by atoms with Gasteiger partial charge in [-0.25, -0.2) is 9.03 Å². The largest absolute Gasteiger partial charge is 0.232 e. The highest BCUT2D eigenvalue weighted by atomic mass is 80.9. The van der Waals surface area contributed by atoms with E-state index >= 15 is 0 Å². The van der Waals surface area contributed by atoms with Crippen molar-refractivity contribution >= 4 is 98.6 Å². The lowest BCUT2D eigenvalue weighted by Gasteiger charge is -2.07. The Labute approximate surface area is 236 Å². The number of hydrogen-bond acceptors (Lipinski definition) is 2. The van der Waals surface area contributed by atoms with Gasteiger partial charge in [0.05, 0.1) is 38.9 Å². The summed E-state index contributed by atoms with van der Waals surface area (Å²) in [7, 11) is 0. The Morgan fingerprint density at radius 2 is 0.892 bits per heavy atom. The predicted molar refractivity (Wildman–Crippen MR) is 166 cm³/mol. The fourth-order valence-corrected chi connectivity index (χ4v) is 5.56. The van der Waals surface area contributed by atoms with Crippen LogP contribution in [-0.4, -0.2) is 19.2 Å². The van der Waals surface area contributed by atoms with Crippen LogP contribution in [-0.2, 0) is 0 Å². The molecule has 0 saturated heterocycles. The lowest BCUT2D eigenvalue weighted by atomic mass is 10.1. The highest BCUT2D eigenvalue weighted by Gasteiger charge is 2.11. The molecule has 4 heterocycles. The number of nitrogens with zero attached hydrogens (tertiary/aromatic N) is 4. The van der Waals surface area contributed by atoms with E-state index in [1.807, 2.05) is 27.5 Å². The SMILES string of the molecule is BrBr.Brc1cnn2c3ccccc3c3ccccc3c12.c1ccc2c(c1)c1ccccc1n1nccc21. The van der Waals surface area contributed by atoms with Crippen LogP contribution in [0.15, 0.2) is 120 Å². The van der Waals surface area contributed by atoms with E-state index in [9.17, 15) is 0 Å². The Balaban J connectivity index is 0.000000128. The molecule has 0 spiro atoms. The number of benzene rings is 4. The molecule has 37 heavy (non-hydrogen) atoms. The van der Waals surface area contributed by atoms with E-state index in [-0.39, 0.29) is 0 Å². The smallest absolute Gasteiger partial charge is 0.0889 e. The molecular formula is C30H19Br3N4. The molecule has 4 nitrogen and oxygen atoms in total. The molecule has 0 atom stereocenters. The van der Waals surface area contributed by atoms with Crippen molar-refractivity contribution in [2.24, 2.45) is 0 Å². The zero-order chi connectivity index (χ0) is 25.4. The van der Waals surface area contributed by atoms with Crippen LogP contribution in [0.5, 0.6) is 0 Å². The number of para-hydroxylation sites is 2. The summed E-state index contributed by atoms with van der Waals surface area (Å²) in [5.74, 6) is 0. The molecule has 8 rings (SSSR count). The second kappa shape index (κ2) is 10.2. The summed E-state index contributed by atoms with van der Waals surface area (Å²) in [5.41, 5.74) is 4.59. The molecule has 0 unspecified atom stereocenters. The van der Waals surface area contributed by atoms with Crippen LogP contribution in [0.3, 0.4) is 0 Å². The van der Waals surface area contributed by atoms with Gasteiger partial charge in [-0.1, -0.05) is 84.9 Å². The van der Waals surface area contributed by atoms with E-state index in [0.29, 0.717) is 0 Å². The minimum Gasteiger partial charge on any atom is -0.232 e. The predicted octanol–water partition coefficient (Wildman–Crippen LogP) is 9.74. The summed E-state index contributed by atoms with van der Waals surface area (Å²) in [6.45, 7) is 0. The first kappa shape index (κ1) is 24.1. The van der Waals surface area contributed by atoms with Crippen molar-refractivity contribution in [2.75, 3.05) is 0 Å². The molecule has 0 aliphatic carbocycles. The molecule has 7 heteroatoms. The fraction of sp³-hybridized carbons (Fsp3) is 0. The van der Waals surface area contributed by atoms with Gasteiger partial charge in [-0.2, -0.15) is 10.2 Å². The highest BCUT2D eigenvalue weighted by molar-refractivity contribution is 9.93. The lowest BCUT2D eigenvalue weighted by Crippen LogP contribution is -1.91. The molecule has 0 fully saturated rings. The van der Waals surface area contributed by atoms with Crippen LogP contribution in [0.2, 0.25) is 0 Å². The molecule has 0 saturated carbocycles. The van der Waals surface area contributed by atoms with Crippen molar-refractivity contribution in [2.45, 2.75) is 0 Å². The summed E-state index contributed by atoms with van der Waals surface area (Å²) >= 11 is 9.09. The van der Waals surface area contributed by atoms with Crippen molar-refractivity contribution in [3.63, 3.8) is 0 Å². The summed E-state index contributed by atoms with van der Waals surface area (Å²) in [6, 6.07) is 35.8. The van der Waals surface area contributed by atoms with Gasteiger partial charge in [0.25, 0.3) is 0 Å². The number of rotatable bonds is 0. The van der Waals surface area contributed by atoms with E-state index < -0.39 is 0 Å². The quantitative estimate of drug-likeness (QED) is 0.150. The van der Waals surface area contributed by atoms with Gasteiger partial charge in [0.15, 0.2) is 0 Å². The van der Waals surface area contributed by atoms with E-state index in [0.717, 1.165) is 21.0 Å². The first-order valence-corrected chi connectivity index (χ1v) is 16.1.